The van der Waals surface area contributed by atoms with Crippen LogP contribution in [0.5, 0.6) is 11.5 Å². The first kappa shape index (κ1) is 13.4. The monoisotopic (exact) mass is 278 g/mol. The first-order chi connectivity index (χ1) is 9.50. The minimum atomic E-state index is -1.32. The zero-order chi connectivity index (χ0) is 14.7. The second-order valence-electron chi connectivity index (χ2n) is 3.62. The number of carboxylic acids is 1. The second-order valence-corrected chi connectivity index (χ2v) is 3.62. The van der Waals surface area contributed by atoms with Crippen molar-refractivity contribution in [1.82, 2.24) is 4.98 Å². The highest BCUT2D eigenvalue weighted by Gasteiger charge is 2.22. The summed E-state index contributed by atoms with van der Waals surface area (Å²) in [7, 11) is 0. The van der Waals surface area contributed by atoms with E-state index < -0.39 is 28.1 Å². The quantitative estimate of drug-likeness (QED) is 0.681. The lowest BCUT2D eigenvalue weighted by Crippen LogP contribution is -2.02. The van der Waals surface area contributed by atoms with Crippen LogP contribution in [0.2, 0.25) is 0 Å². The third-order valence-electron chi connectivity index (χ3n) is 2.37. The summed E-state index contributed by atoms with van der Waals surface area (Å²) in [6.07, 6.45) is 2.26. The average Bonchev–Trinajstić information content (AvgIpc) is 2.41. The van der Waals surface area contributed by atoms with Crippen molar-refractivity contribution in [3.05, 3.63) is 58.2 Å². The molecule has 0 bridgehead atoms. The molecule has 0 radical (unpaired) electrons. The number of nitro benzene ring substituents is 1. The molecule has 2 aromatic rings. The Bertz CT molecular complexity index is 689. The molecule has 0 saturated carbocycles. The molecule has 0 atom stereocenters. The average molecular weight is 278 g/mol. The van der Waals surface area contributed by atoms with Gasteiger partial charge >= 0.3 is 11.7 Å². The number of para-hydroxylation sites is 1. The highest BCUT2D eigenvalue weighted by molar-refractivity contribution is 5.90. The van der Waals surface area contributed by atoms with Gasteiger partial charge in [-0.05, 0) is 12.1 Å². The van der Waals surface area contributed by atoms with E-state index in [0.29, 0.717) is 0 Å². The summed E-state index contributed by atoms with van der Waals surface area (Å²) in [5.41, 5.74) is -0.886. The van der Waals surface area contributed by atoms with Gasteiger partial charge in [-0.15, -0.1) is 0 Å². The zero-order valence-electron chi connectivity index (χ0n) is 9.82. The first-order valence-corrected chi connectivity index (χ1v) is 5.28. The van der Waals surface area contributed by atoms with Gasteiger partial charge in [0.1, 0.15) is 5.56 Å². The molecule has 0 aliphatic heterocycles. The standard InChI is InChI=1S/C12H7FN2O5/c13-8-2-1-3-9(15(18)19)11(8)20-10-6-14-5-4-7(10)12(16)17/h1-6H,(H,16,17). The fraction of sp³-hybridized carbons (Fsp3) is 0. The van der Waals surface area contributed by atoms with Crippen molar-refractivity contribution in [2.45, 2.75) is 0 Å². The number of rotatable bonds is 4. The van der Waals surface area contributed by atoms with E-state index in [1.165, 1.54) is 6.20 Å². The number of hydrogen-bond acceptors (Lipinski definition) is 5. The largest absolute Gasteiger partial charge is 0.478 e. The van der Waals surface area contributed by atoms with Gasteiger partial charge in [-0.25, -0.2) is 9.18 Å². The molecule has 1 heterocycles. The van der Waals surface area contributed by atoms with E-state index in [9.17, 15) is 19.3 Å². The number of nitro groups is 1. The zero-order valence-corrected chi connectivity index (χ0v) is 9.82. The molecule has 2 rings (SSSR count). The van der Waals surface area contributed by atoms with Crippen LogP contribution in [-0.4, -0.2) is 21.0 Å². The van der Waals surface area contributed by atoms with Crippen LogP contribution in [0.4, 0.5) is 10.1 Å². The molecule has 0 unspecified atom stereocenters. The topological polar surface area (TPSA) is 103 Å². The highest BCUT2D eigenvalue weighted by atomic mass is 19.1. The molecular weight excluding hydrogens is 271 g/mol. The molecule has 20 heavy (non-hydrogen) atoms. The Hall–Kier alpha value is -3.03. The lowest BCUT2D eigenvalue weighted by molar-refractivity contribution is -0.385. The van der Waals surface area contributed by atoms with E-state index in [1.54, 1.807) is 0 Å². The van der Waals surface area contributed by atoms with Crippen molar-refractivity contribution in [2.24, 2.45) is 0 Å². The smallest absolute Gasteiger partial charge is 0.339 e. The number of carbonyl (C=O) groups is 1. The Morgan fingerprint density at radius 1 is 1.40 bits per heavy atom. The van der Waals surface area contributed by atoms with Gasteiger partial charge in [-0.3, -0.25) is 15.1 Å². The molecule has 8 heteroatoms. The van der Waals surface area contributed by atoms with Crippen molar-refractivity contribution in [3.63, 3.8) is 0 Å². The van der Waals surface area contributed by atoms with Crippen LogP contribution in [0, 0.1) is 15.9 Å². The molecule has 0 amide bonds. The van der Waals surface area contributed by atoms with Crippen LogP contribution in [0.15, 0.2) is 36.7 Å². The second kappa shape index (κ2) is 5.31. The number of hydrogen-bond donors (Lipinski definition) is 1. The lowest BCUT2D eigenvalue weighted by Gasteiger charge is -2.08. The molecule has 0 aliphatic rings. The van der Waals surface area contributed by atoms with Gasteiger partial charge < -0.3 is 9.84 Å². The summed E-state index contributed by atoms with van der Waals surface area (Å²) in [6.45, 7) is 0. The summed E-state index contributed by atoms with van der Waals surface area (Å²) in [6, 6.07) is 4.32. The first-order valence-electron chi connectivity index (χ1n) is 5.28. The molecule has 0 fully saturated rings. The fourth-order valence-corrected chi connectivity index (χ4v) is 1.49. The van der Waals surface area contributed by atoms with Crippen LogP contribution < -0.4 is 4.74 Å². The molecular formula is C12H7FN2O5. The minimum absolute atomic E-state index is 0.280. The summed E-state index contributed by atoms with van der Waals surface area (Å²) in [5, 5.41) is 19.8. The van der Waals surface area contributed by atoms with E-state index >= 15 is 0 Å². The van der Waals surface area contributed by atoms with Crippen LogP contribution >= 0.6 is 0 Å². The van der Waals surface area contributed by atoms with Crippen LogP contribution in [0.3, 0.4) is 0 Å². The highest BCUT2D eigenvalue weighted by Crippen LogP contribution is 2.34. The summed E-state index contributed by atoms with van der Waals surface area (Å²) >= 11 is 0. The fourth-order valence-electron chi connectivity index (χ4n) is 1.49. The van der Waals surface area contributed by atoms with Crippen molar-refractivity contribution in [3.8, 4) is 11.5 Å². The van der Waals surface area contributed by atoms with Gasteiger partial charge in [0.05, 0.1) is 11.1 Å². The summed E-state index contributed by atoms with van der Waals surface area (Å²) in [4.78, 5) is 24.6. The predicted octanol–water partition coefficient (Wildman–Crippen LogP) is 2.62. The molecule has 1 aromatic heterocycles. The number of aromatic nitrogens is 1. The van der Waals surface area contributed by atoms with Crippen molar-refractivity contribution < 1.29 is 24.0 Å². The van der Waals surface area contributed by atoms with Gasteiger partial charge in [0, 0.05) is 12.3 Å². The maximum Gasteiger partial charge on any atom is 0.339 e. The lowest BCUT2D eigenvalue weighted by atomic mass is 10.2. The summed E-state index contributed by atoms with van der Waals surface area (Å²) < 4.78 is 18.7. The molecule has 1 N–H and O–H groups in total. The number of halogens is 1. The number of aromatic carboxylic acids is 1. The third kappa shape index (κ3) is 2.53. The van der Waals surface area contributed by atoms with E-state index in [-0.39, 0.29) is 11.3 Å². The normalized spacial score (nSPS) is 10.1. The van der Waals surface area contributed by atoms with Gasteiger partial charge in [-0.1, -0.05) is 6.07 Å². The molecule has 7 nitrogen and oxygen atoms in total. The molecule has 0 saturated heterocycles. The van der Waals surface area contributed by atoms with Crippen molar-refractivity contribution in [1.29, 1.82) is 0 Å². The van der Waals surface area contributed by atoms with Crippen molar-refractivity contribution >= 4 is 11.7 Å². The SMILES string of the molecule is O=C(O)c1ccncc1Oc1c(F)cccc1[N+](=O)[O-]. The van der Waals surface area contributed by atoms with E-state index in [4.69, 9.17) is 9.84 Å². The number of ether oxygens (including phenoxy) is 1. The Kier molecular flexibility index (Phi) is 3.56. The van der Waals surface area contributed by atoms with Crippen LogP contribution in [0.1, 0.15) is 10.4 Å². The molecule has 1 aromatic carbocycles. The molecule has 0 spiro atoms. The van der Waals surface area contributed by atoms with Crippen LogP contribution in [-0.2, 0) is 0 Å². The summed E-state index contributed by atoms with van der Waals surface area (Å²) in [5.74, 6) is -3.23. The van der Waals surface area contributed by atoms with E-state index in [2.05, 4.69) is 4.98 Å². The maximum absolute atomic E-state index is 13.6. The molecule has 102 valence electrons. The number of pyridine rings is 1. The van der Waals surface area contributed by atoms with Crippen molar-refractivity contribution in [2.75, 3.05) is 0 Å². The van der Waals surface area contributed by atoms with Gasteiger partial charge in [0.25, 0.3) is 0 Å². The Balaban J connectivity index is 2.51. The van der Waals surface area contributed by atoms with Gasteiger partial charge in [-0.2, -0.15) is 0 Å². The number of nitrogens with zero attached hydrogens (tertiary/aromatic N) is 2. The van der Waals surface area contributed by atoms with Crippen LogP contribution in [0.25, 0.3) is 0 Å². The third-order valence-corrected chi connectivity index (χ3v) is 2.37. The number of carboxylic acid groups (broad SMARTS) is 1. The molecule has 0 aliphatic carbocycles. The van der Waals surface area contributed by atoms with Gasteiger partial charge in [0.15, 0.2) is 11.6 Å². The Labute approximate surface area is 111 Å². The van der Waals surface area contributed by atoms with Gasteiger partial charge in [0.2, 0.25) is 5.75 Å². The predicted molar refractivity (Wildman–Crippen MR) is 64.3 cm³/mol. The minimum Gasteiger partial charge on any atom is -0.478 e. The van der Waals surface area contributed by atoms with E-state index in [0.717, 1.165) is 30.5 Å². The maximum atomic E-state index is 13.6. The number of benzene rings is 1. The van der Waals surface area contributed by atoms with E-state index in [1.807, 2.05) is 0 Å². The Morgan fingerprint density at radius 3 is 2.80 bits per heavy atom. The Morgan fingerprint density at radius 2 is 2.15 bits per heavy atom.